The number of carbonyl (C=O) groups excluding carboxylic acids is 2. The second kappa shape index (κ2) is 14.8. The number of halogens is 1. The van der Waals surface area contributed by atoms with Gasteiger partial charge in [0.2, 0.25) is 5.91 Å². The number of nitrogens with one attached hydrogen (secondary N) is 1. The summed E-state index contributed by atoms with van der Waals surface area (Å²) in [5.74, 6) is -0.327. The van der Waals surface area contributed by atoms with Crippen molar-refractivity contribution in [1.29, 1.82) is 0 Å². The summed E-state index contributed by atoms with van der Waals surface area (Å²) >= 11 is 6.31. The van der Waals surface area contributed by atoms with E-state index in [4.69, 9.17) is 21.4 Å². The zero-order valence-corrected chi connectivity index (χ0v) is 27.0. The highest BCUT2D eigenvalue weighted by molar-refractivity contribution is 6.31. The molecule has 2 amide bonds. The molecule has 244 valence electrons. The Kier molecular flexibility index (Phi) is 10.8. The van der Waals surface area contributed by atoms with Crippen molar-refractivity contribution in [2.45, 2.75) is 57.7 Å². The third kappa shape index (κ3) is 6.70. The van der Waals surface area contributed by atoms with Crippen LogP contribution in [0, 0.1) is 5.92 Å². The van der Waals surface area contributed by atoms with Gasteiger partial charge in [-0.3, -0.25) is 14.5 Å². The Morgan fingerprint density at radius 3 is 2.52 bits per heavy atom. The number of hydrogen-bond acceptors (Lipinski definition) is 7. The molecule has 3 atom stereocenters. The molecular weight excluding hydrogens is 606 g/mol. The average Bonchev–Trinajstić information content (AvgIpc) is 3.26. The van der Waals surface area contributed by atoms with Gasteiger partial charge in [0.05, 0.1) is 30.6 Å². The normalized spacial score (nSPS) is 19.9. The Morgan fingerprint density at radius 2 is 1.80 bits per heavy atom. The predicted octanol–water partition coefficient (Wildman–Crippen LogP) is 5.00. The van der Waals surface area contributed by atoms with E-state index in [0.717, 1.165) is 29.0 Å². The van der Waals surface area contributed by atoms with E-state index in [2.05, 4.69) is 5.32 Å². The lowest BCUT2D eigenvalue weighted by atomic mass is 9.83. The van der Waals surface area contributed by atoms with Crippen LogP contribution in [0.15, 0.2) is 72.8 Å². The van der Waals surface area contributed by atoms with Crippen LogP contribution in [0.4, 0.5) is 17.1 Å². The first-order chi connectivity index (χ1) is 22.2. The monoisotopic (exact) mass is 647 g/mol. The summed E-state index contributed by atoms with van der Waals surface area (Å²) in [5.41, 5.74) is 2.53. The highest BCUT2D eigenvalue weighted by atomic mass is 35.5. The van der Waals surface area contributed by atoms with Crippen LogP contribution in [0.3, 0.4) is 0 Å². The Hall–Kier alpha value is -3.73. The first-order valence-electron chi connectivity index (χ1n) is 15.9. The molecule has 0 radical (unpaired) electrons. The molecule has 1 unspecified atom stereocenters. The minimum absolute atomic E-state index is 0.0230. The minimum Gasteiger partial charge on any atom is -0.494 e. The predicted molar refractivity (Wildman–Crippen MR) is 180 cm³/mol. The topological polar surface area (TPSA) is 123 Å². The highest BCUT2D eigenvalue weighted by Crippen LogP contribution is 2.47. The molecule has 2 aliphatic rings. The van der Waals surface area contributed by atoms with Gasteiger partial charge in [-0.05, 0) is 98.8 Å². The summed E-state index contributed by atoms with van der Waals surface area (Å²) in [6.45, 7) is 5.16. The molecule has 10 heteroatoms. The van der Waals surface area contributed by atoms with Crippen molar-refractivity contribution in [3.05, 3.63) is 94.5 Å². The Bertz CT molecular complexity index is 1580. The van der Waals surface area contributed by atoms with E-state index >= 15 is 0 Å². The lowest BCUT2D eigenvalue weighted by Crippen LogP contribution is -2.49. The number of nitrogens with zero attached hydrogens (tertiary/aromatic N) is 2. The fourth-order valence-electron chi connectivity index (χ4n) is 6.24. The molecule has 0 aromatic heterocycles. The first-order valence-corrected chi connectivity index (χ1v) is 16.3. The fourth-order valence-corrected chi connectivity index (χ4v) is 6.42. The number of anilines is 3. The summed E-state index contributed by atoms with van der Waals surface area (Å²) in [6.07, 6.45) is 5.88. The highest BCUT2D eigenvalue weighted by Gasteiger charge is 2.52. The minimum atomic E-state index is -1.81. The van der Waals surface area contributed by atoms with Crippen LogP contribution in [0.5, 0.6) is 5.75 Å². The molecule has 0 saturated heterocycles. The summed E-state index contributed by atoms with van der Waals surface area (Å²) in [6, 6.07) is 17.9. The standard InChI is InChI=1S/C36H42ClN3O6/c1-3-46-29-14-16-32-26(20-29)21-31(38-17-5-7-19-42)34(43)40(32)28-12-9-25(10-13-28)23-39-33-15-11-27(37)22-30(33)36(45,35(39)44)24(2)8-4-6-18-41/h4,8-16,20,22,24,31,38,41-42,45H,3,5-7,17-19,21,23H2,1-2H3/b8-4+/t24-,31?,36+/m0/s1. The van der Waals surface area contributed by atoms with Gasteiger partial charge in [-0.1, -0.05) is 42.8 Å². The van der Waals surface area contributed by atoms with Crippen LogP contribution >= 0.6 is 11.6 Å². The van der Waals surface area contributed by atoms with Gasteiger partial charge in [-0.15, -0.1) is 0 Å². The Morgan fingerprint density at radius 1 is 1.04 bits per heavy atom. The lowest BCUT2D eigenvalue weighted by Gasteiger charge is -2.35. The van der Waals surface area contributed by atoms with Crippen LogP contribution < -0.4 is 19.9 Å². The quantitative estimate of drug-likeness (QED) is 0.144. The van der Waals surface area contributed by atoms with E-state index in [-0.39, 0.29) is 25.7 Å². The molecular formula is C36H42ClN3O6. The van der Waals surface area contributed by atoms with Crippen LogP contribution in [-0.2, 0) is 28.2 Å². The third-order valence-electron chi connectivity index (χ3n) is 8.67. The maximum atomic E-state index is 13.9. The van der Waals surface area contributed by atoms with Crippen LogP contribution in [-0.4, -0.2) is 59.5 Å². The number of hydrogen-bond donors (Lipinski definition) is 4. The molecule has 2 aliphatic heterocycles. The summed E-state index contributed by atoms with van der Waals surface area (Å²) in [5, 5.41) is 34.0. The molecule has 0 aliphatic carbocycles. The molecule has 3 aromatic rings. The SMILES string of the molecule is CCOc1ccc2c(c1)CC(NCCCCO)C(=O)N2c1ccc(CN2C(=O)[C@@](O)([C@@H](C)/C=C/CCO)c3cc(Cl)ccc32)cc1. The molecule has 2 heterocycles. The van der Waals surface area contributed by atoms with Crippen LogP contribution in [0.1, 0.15) is 49.8 Å². The summed E-state index contributed by atoms with van der Waals surface area (Å²) < 4.78 is 5.74. The second-order valence-corrected chi connectivity index (χ2v) is 12.2. The molecule has 46 heavy (non-hydrogen) atoms. The average molecular weight is 648 g/mol. The number of fused-ring (bicyclic) bond motifs is 2. The smallest absolute Gasteiger partial charge is 0.264 e. The van der Waals surface area contributed by atoms with Gasteiger partial charge in [0.15, 0.2) is 5.60 Å². The number of amides is 2. The molecule has 0 spiro atoms. The van der Waals surface area contributed by atoms with Crippen molar-refractivity contribution in [2.75, 3.05) is 36.2 Å². The van der Waals surface area contributed by atoms with Gasteiger partial charge in [0.1, 0.15) is 5.75 Å². The van der Waals surface area contributed by atoms with Gasteiger partial charge in [0.25, 0.3) is 5.91 Å². The lowest BCUT2D eigenvalue weighted by molar-refractivity contribution is -0.139. The first kappa shape index (κ1) is 33.6. The number of rotatable bonds is 14. The largest absolute Gasteiger partial charge is 0.494 e. The molecule has 3 aromatic carbocycles. The van der Waals surface area contributed by atoms with Crippen molar-refractivity contribution in [3.63, 3.8) is 0 Å². The van der Waals surface area contributed by atoms with Crippen molar-refractivity contribution in [1.82, 2.24) is 5.32 Å². The number of ether oxygens (including phenoxy) is 1. The maximum Gasteiger partial charge on any atom is 0.264 e. The van der Waals surface area contributed by atoms with Gasteiger partial charge < -0.3 is 30.3 Å². The number of aliphatic hydroxyl groups is 3. The van der Waals surface area contributed by atoms with Crippen molar-refractivity contribution in [3.8, 4) is 5.75 Å². The third-order valence-corrected chi connectivity index (χ3v) is 8.90. The van der Waals surface area contributed by atoms with Gasteiger partial charge in [-0.2, -0.15) is 0 Å². The number of aliphatic hydroxyl groups excluding tert-OH is 2. The fraction of sp³-hybridized carbons (Fsp3) is 0.389. The Balaban J connectivity index is 1.42. The van der Waals surface area contributed by atoms with E-state index in [1.807, 2.05) is 49.4 Å². The van der Waals surface area contributed by atoms with E-state index in [9.17, 15) is 19.8 Å². The zero-order valence-electron chi connectivity index (χ0n) is 26.3. The molecule has 4 N–H and O–H groups in total. The van der Waals surface area contributed by atoms with E-state index < -0.39 is 23.5 Å². The maximum absolute atomic E-state index is 13.9. The van der Waals surface area contributed by atoms with Gasteiger partial charge in [0, 0.05) is 35.4 Å². The van der Waals surface area contributed by atoms with E-state index in [0.29, 0.717) is 54.4 Å². The van der Waals surface area contributed by atoms with Crippen molar-refractivity contribution >= 4 is 40.5 Å². The second-order valence-electron chi connectivity index (χ2n) is 11.8. The summed E-state index contributed by atoms with van der Waals surface area (Å²) in [7, 11) is 0. The van der Waals surface area contributed by atoms with Crippen molar-refractivity contribution in [2.24, 2.45) is 5.92 Å². The van der Waals surface area contributed by atoms with Crippen LogP contribution in [0.2, 0.25) is 5.02 Å². The Labute approximate surface area is 275 Å². The van der Waals surface area contributed by atoms with Gasteiger partial charge in [-0.25, -0.2) is 0 Å². The molecule has 0 bridgehead atoms. The molecule has 0 fully saturated rings. The van der Waals surface area contributed by atoms with Crippen molar-refractivity contribution < 1.29 is 29.6 Å². The van der Waals surface area contributed by atoms with Crippen LogP contribution in [0.25, 0.3) is 0 Å². The number of carbonyl (C=O) groups is 2. The molecule has 0 saturated carbocycles. The molecule has 5 rings (SSSR count). The molecule has 9 nitrogen and oxygen atoms in total. The number of unbranched alkanes of at least 4 members (excludes halogenated alkanes) is 1. The van der Waals surface area contributed by atoms with E-state index in [1.54, 1.807) is 47.1 Å². The van der Waals surface area contributed by atoms with Gasteiger partial charge >= 0.3 is 0 Å². The number of benzene rings is 3. The summed E-state index contributed by atoms with van der Waals surface area (Å²) in [4.78, 5) is 31.0. The zero-order chi connectivity index (χ0) is 32.8. The van der Waals surface area contributed by atoms with E-state index in [1.165, 1.54) is 0 Å².